The molecule has 3 aromatic carbocycles. The Balaban J connectivity index is 1.57. The minimum absolute atomic E-state index is 0.0683. The second kappa shape index (κ2) is 9.11. The lowest BCUT2D eigenvalue weighted by Gasteiger charge is -2.25. The van der Waals surface area contributed by atoms with E-state index < -0.39 is 17.7 Å². The fourth-order valence-electron chi connectivity index (χ4n) is 4.72. The maximum absolute atomic E-state index is 13.2. The number of carbonyl (C=O) groups is 2. The Morgan fingerprint density at radius 1 is 1.06 bits per heavy atom. The van der Waals surface area contributed by atoms with Gasteiger partial charge in [0.25, 0.3) is 11.7 Å². The number of rotatable bonds is 5. The third kappa shape index (κ3) is 4.14. The van der Waals surface area contributed by atoms with Crippen LogP contribution in [0.1, 0.15) is 35.2 Å². The van der Waals surface area contributed by atoms with Crippen LogP contribution in [0.2, 0.25) is 0 Å². The number of halogens is 1. The van der Waals surface area contributed by atoms with E-state index in [0.29, 0.717) is 18.5 Å². The van der Waals surface area contributed by atoms with Gasteiger partial charge in [-0.05, 0) is 60.4 Å². The summed E-state index contributed by atoms with van der Waals surface area (Å²) in [5.41, 5.74) is 3.46. The fraction of sp³-hybridized carbons (Fsp3) is 0.214. The van der Waals surface area contributed by atoms with Crippen molar-refractivity contribution in [1.82, 2.24) is 4.90 Å². The van der Waals surface area contributed by atoms with Crippen LogP contribution in [0.25, 0.3) is 5.76 Å². The van der Waals surface area contributed by atoms with Crippen LogP contribution in [0.4, 0.5) is 0 Å². The van der Waals surface area contributed by atoms with Crippen LogP contribution < -0.4 is 4.74 Å². The lowest BCUT2D eigenvalue weighted by atomic mass is 9.94. The van der Waals surface area contributed by atoms with Gasteiger partial charge in [-0.1, -0.05) is 58.4 Å². The van der Waals surface area contributed by atoms with Crippen LogP contribution in [0.3, 0.4) is 0 Å². The van der Waals surface area contributed by atoms with Gasteiger partial charge in [0.05, 0.1) is 11.6 Å². The van der Waals surface area contributed by atoms with Gasteiger partial charge in [-0.25, -0.2) is 0 Å². The number of aliphatic hydroxyl groups excluding tert-OH is 1. The molecular formula is C28H24BrNO4. The van der Waals surface area contributed by atoms with Gasteiger partial charge >= 0.3 is 0 Å². The average Bonchev–Trinajstić information content (AvgIpc) is 3.34. The number of likely N-dealkylation sites (tertiary alicyclic amines) is 1. The largest absolute Gasteiger partial charge is 0.507 e. The van der Waals surface area contributed by atoms with E-state index in [9.17, 15) is 14.7 Å². The molecule has 5 nitrogen and oxygen atoms in total. The lowest BCUT2D eigenvalue weighted by molar-refractivity contribution is -0.139. The number of nitrogens with zero attached hydrogens (tertiary/aromatic N) is 1. The van der Waals surface area contributed by atoms with Gasteiger partial charge in [0, 0.05) is 23.0 Å². The predicted octanol–water partition coefficient (Wildman–Crippen LogP) is 5.44. The molecule has 2 atom stereocenters. The summed E-state index contributed by atoms with van der Waals surface area (Å²) >= 11 is 3.45. The molecule has 0 saturated carbocycles. The van der Waals surface area contributed by atoms with Crippen molar-refractivity contribution in [2.45, 2.75) is 31.9 Å². The number of hydrogen-bond donors (Lipinski definition) is 1. The number of ketones is 1. The van der Waals surface area contributed by atoms with Crippen molar-refractivity contribution in [3.63, 3.8) is 0 Å². The molecule has 2 aliphatic rings. The minimum Gasteiger partial charge on any atom is -0.507 e. The molecule has 1 amide bonds. The molecule has 0 aliphatic carbocycles. The summed E-state index contributed by atoms with van der Waals surface area (Å²) in [5, 5.41) is 11.3. The number of benzene rings is 3. The molecule has 2 heterocycles. The topological polar surface area (TPSA) is 66.8 Å². The Morgan fingerprint density at radius 3 is 2.53 bits per heavy atom. The van der Waals surface area contributed by atoms with E-state index >= 15 is 0 Å². The van der Waals surface area contributed by atoms with Crippen molar-refractivity contribution in [3.8, 4) is 5.75 Å². The number of carbonyl (C=O) groups excluding carboxylic acids is 2. The maximum Gasteiger partial charge on any atom is 0.295 e. The quantitative estimate of drug-likeness (QED) is 0.278. The van der Waals surface area contributed by atoms with Gasteiger partial charge in [0.15, 0.2) is 0 Å². The highest BCUT2D eigenvalue weighted by atomic mass is 79.9. The minimum atomic E-state index is -0.666. The molecule has 2 unspecified atom stereocenters. The second-order valence-corrected chi connectivity index (χ2v) is 9.65. The van der Waals surface area contributed by atoms with Crippen molar-refractivity contribution < 1.29 is 19.4 Å². The van der Waals surface area contributed by atoms with Gasteiger partial charge in [0.1, 0.15) is 17.6 Å². The molecule has 172 valence electrons. The van der Waals surface area contributed by atoms with Crippen LogP contribution in [0.15, 0.2) is 82.8 Å². The third-order valence-electron chi connectivity index (χ3n) is 6.38. The molecule has 0 bridgehead atoms. The number of amides is 1. The zero-order chi connectivity index (χ0) is 23.8. The Kier molecular flexibility index (Phi) is 6.00. The first kappa shape index (κ1) is 22.4. The standard InChI is InChI=1S/C28H24BrNO4/c1-17-15-21-16-20(9-12-23(21)34-17)26(31)24-25(19-7-10-22(29)11-8-19)30(28(33)27(24)32)14-13-18-5-3-2-4-6-18/h2-12,16-17,25,31H,13-15H2,1H3/b26-24+. The van der Waals surface area contributed by atoms with Crippen LogP contribution >= 0.6 is 15.9 Å². The van der Waals surface area contributed by atoms with Gasteiger partial charge in [0.2, 0.25) is 0 Å². The summed E-state index contributed by atoms with van der Waals surface area (Å²) in [7, 11) is 0. The molecular weight excluding hydrogens is 494 g/mol. The molecule has 6 heteroatoms. The van der Waals surface area contributed by atoms with E-state index in [1.165, 1.54) is 0 Å². The summed E-state index contributed by atoms with van der Waals surface area (Å²) in [6.45, 7) is 2.35. The first-order valence-corrected chi connectivity index (χ1v) is 12.1. The summed E-state index contributed by atoms with van der Waals surface area (Å²) in [6, 6.07) is 22.1. The Hall–Kier alpha value is -3.38. The normalized spacial score (nSPS) is 20.9. The maximum atomic E-state index is 13.2. The first-order chi connectivity index (χ1) is 16.4. The van der Waals surface area contributed by atoms with Gasteiger partial charge in [-0.3, -0.25) is 9.59 Å². The van der Waals surface area contributed by atoms with Gasteiger partial charge in [-0.15, -0.1) is 0 Å². The Morgan fingerprint density at radius 2 is 1.79 bits per heavy atom. The number of ether oxygens (including phenoxy) is 1. The number of Topliss-reactive ketones (excluding diaryl/α,β-unsaturated/α-hetero) is 1. The van der Waals surface area contributed by atoms with Crippen molar-refractivity contribution in [2.24, 2.45) is 0 Å². The summed E-state index contributed by atoms with van der Waals surface area (Å²) in [5.74, 6) is -0.625. The van der Waals surface area contributed by atoms with E-state index in [1.54, 1.807) is 11.0 Å². The van der Waals surface area contributed by atoms with Gasteiger partial charge in [-0.2, -0.15) is 0 Å². The third-order valence-corrected chi connectivity index (χ3v) is 6.91. The molecule has 5 rings (SSSR count). The molecule has 1 fully saturated rings. The van der Waals surface area contributed by atoms with E-state index in [-0.39, 0.29) is 17.4 Å². The van der Waals surface area contributed by atoms with Crippen molar-refractivity contribution >= 4 is 33.4 Å². The lowest BCUT2D eigenvalue weighted by Crippen LogP contribution is -2.31. The summed E-state index contributed by atoms with van der Waals surface area (Å²) < 4.78 is 6.66. The van der Waals surface area contributed by atoms with Crippen LogP contribution in [-0.2, 0) is 22.4 Å². The molecule has 0 aromatic heterocycles. The van der Waals surface area contributed by atoms with E-state index in [4.69, 9.17) is 4.74 Å². The Bertz CT molecular complexity index is 1280. The average molecular weight is 518 g/mol. The Labute approximate surface area is 206 Å². The fourth-order valence-corrected chi connectivity index (χ4v) is 4.99. The molecule has 0 spiro atoms. The summed E-state index contributed by atoms with van der Waals surface area (Å²) in [6.07, 6.45) is 1.41. The zero-order valence-corrected chi connectivity index (χ0v) is 20.3. The molecule has 0 radical (unpaired) electrons. The molecule has 2 aliphatic heterocycles. The molecule has 1 N–H and O–H groups in total. The van der Waals surface area contributed by atoms with Crippen LogP contribution in [-0.4, -0.2) is 34.3 Å². The molecule has 34 heavy (non-hydrogen) atoms. The van der Waals surface area contributed by atoms with Crippen molar-refractivity contribution in [1.29, 1.82) is 0 Å². The molecule has 3 aromatic rings. The highest BCUT2D eigenvalue weighted by Crippen LogP contribution is 2.41. The second-order valence-electron chi connectivity index (χ2n) is 8.73. The monoisotopic (exact) mass is 517 g/mol. The van der Waals surface area contributed by atoms with Crippen LogP contribution in [0.5, 0.6) is 5.75 Å². The number of fused-ring (bicyclic) bond motifs is 1. The smallest absolute Gasteiger partial charge is 0.295 e. The predicted molar refractivity (Wildman–Crippen MR) is 134 cm³/mol. The summed E-state index contributed by atoms with van der Waals surface area (Å²) in [4.78, 5) is 28.0. The zero-order valence-electron chi connectivity index (χ0n) is 18.7. The van der Waals surface area contributed by atoms with E-state index in [2.05, 4.69) is 15.9 Å². The first-order valence-electron chi connectivity index (χ1n) is 11.3. The molecule has 1 saturated heterocycles. The van der Waals surface area contributed by atoms with Crippen molar-refractivity contribution in [2.75, 3.05) is 6.54 Å². The van der Waals surface area contributed by atoms with Crippen molar-refractivity contribution in [3.05, 3.63) is 105 Å². The van der Waals surface area contributed by atoms with Crippen LogP contribution in [0, 0.1) is 0 Å². The SMILES string of the molecule is CC1Cc2cc(/C(O)=C3\C(=O)C(=O)N(CCc4ccccc4)C3c3ccc(Br)cc3)ccc2O1. The number of hydrogen-bond acceptors (Lipinski definition) is 4. The van der Waals surface area contributed by atoms with E-state index in [0.717, 1.165) is 33.3 Å². The van der Waals surface area contributed by atoms with Gasteiger partial charge < -0.3 is 14.7 Å². The van der Waals surface area contributed by atoms with E-state index in [1.807, 2.05) is 73.7 Å². The highest BCUT2D eigenvalue weighted by Gasteiger charge is 2.45. The number of aliphatic hydroxyl groups is 1. The highest BCUT2D eigenvalue weighted by molar-refractivity contribution is 9.10.